The SMILES string of the molecule is CC(C)(C)c1ccc(C(=O)c2c[nH]c(C(N)=O)c2)cc1. The summed E-state index contributed by atoms with van der Waals surface area (Å²) in [4.78, 5) is 26.0. The molecule has 1 heterocycles. The van der Waals surface area contributed by atoms with Crippen LogP contribution in [0.3, 0.4) is 0 Å². The predicted octanol–water partition coefficient (Wildman–Crippen LogP) is 2.64. The van der Waals surface area contributed by atoms with Crippen LogP contribution < -0.4 is 5.73 Å². The second-order valence-corrected chi connectivity index (χ2v) is 5.82. The van der Waals surface area contributed by atoms with E-state index < -0.39 is 5.91 Å². The number of rotatable bonds is 3. The standard InChI is InChI=1S/C16H18N2O2/c1-16(2,3)12-6-4-10(5-7-12)14(19)11-8-13(15(17)20)18-9-11/h4-9,18H,1-3H3,(H2,17,20). The van der Waals surface area contributed by atoms with E-state index in [4.69, 9.17) is 5.73 Å². The molecular weight excluding hydrogens is 252 g/mol. The highest BCUT2D eigenvalue weighted by atomic mass is 16.1. The molecule has 2 aromatic rings. The summed E-state index contributed by atoms with van der Waals surface area (Å²) < 4.78 is 0. The Kier molecular flexibility index (Phi) is 3.49. The largest absolute Gasteiger partial charge is 0.364 e. The molecule has 0 saturated carbocycles. The molecule has 0 bridgehead atoms. The highest BCUT2D eigenvalue weighted by Gasteiger charge is 2.16. The van der Waals surface area contributed by atoms with Crippen molar-refractivity contribution in [2.75, 3.05) is 0 Å². The minimum Gasteiger partial charge on any atom is -0.364 e. The number of carbonyl (C=O) groups excluding carboxylic acids is 2. The highest BCUT2D eigenvalue weighted by molar-refractivity contribution is 6.10. The van der Waals surface area contributed by atoms with Crippen LogP contribution in [-0.2, 0) is 5.41 Å². The van der Waals surface area contributed by atoms with E-state index in [-0.39, 0.29) is 16.9 Å². The van der Waals surface area contributed by atoms with Crippen molar-refractivity contribution < 1.29 is 9.59 Å². The fourth-order valence-corrected chi connectivity index (χ4v) is 1.96. The molecule has 1 aromatic heterocycles. The normalized spacial score (nSPS) is 11.3. The van der Waals surface area contributed by atoms with E-state index >= 15 is 0 Å². The van der Waals surface area contributed by atoms with Gasteiger partial charge in [-0.05, 0) is 17.0 Å². The van der Waals surface area contributed by atoms with Crippen molar-refractivity contribution in [3.63, 3.8) is 0 Å². The molecule has 3 N–H and O–H groups in total. The van der Waals surface area contributed by atoms with Crippen molar-refractivity contribution in [1.82, 2.24) is 4.98 Å². The van der Waals surface area contributed by atoms with Crippen LogP contribution in [0.5, 0.6) is 0 Å². The molecule has 1 amide bonds. The van der Waals surface area contributed by atoms with Crippen molar-refractivity contribution in [1.29, 1.82) is 0 Å². The van der Waals surface area contributed by atoms with Gasteiger partial charge in [0.15, 0.2) is 5.78 Å². The van der Waals surface area contributed by atoms with E-state index in [9.17, 15) is 9.59 Å². The van der Waals surface area contributed by atoms with Crippen LogP contribution in [-0.4, -0.2) is 16.7 Å². The Morgan fingerprint density at radius 1 is 1.05 bits per heavy atom. The molecule has 4 nitrogen and oxygen atoms in total. The smallest absolute Gasteiger partial charge is 0.265 e. The monoisotopic (exact) mass is 270 g/mol. The first-order chi connectivity index (χ1) is 9.29. The van der Waals surface area contributed by atoms with Gasteiger partial charge in [-0.2, -0.15) is 0 Å². The van der Waals surface area contributed by atoms with Crippen LogP contribution in [0.1, 0.15) is 52.7 Å². The van der Waals surface area contributed by atoms with Crippen molar-refractivity contribution in [3.8, 4) is 0 Å². The Bertz CT molecular complexity index is 646. The second kappa shape index (κ2) is 4.96. The zero-order chi connectivity index (χ0) is 14.9. The van der Waals surface area contributed by atoms with Gasteiger partial charge >= 0.3 is 0 Å². The number of aromatic nitrogens is 1. The van der Waals surface area contributed by atoms with E-state index in [1.165, 1.54) is 17.8 Å². The summed E-state index contributed by atoms with van der Waals surface area (Å²) in [5, 5.41) is 0. The molecular formula is C16H18N2O2. The van der Waals surface area contributed by atoms with Gasteiger partial charge in [0.05, 0.1) is 0 Å². The van der Waals surface area contributed by atoms with Gasteiger partial charge in [0.1, 0.15) is 5.69 Å². The summed E-state index contributed by atoms with van der Waals surface area (Å²) in [6.07, 6.45) is 1.50. The first kappa shape index (κ1) is 14.1. The summed E-state index contributed by atoms with van der Waals surface area (Å²) in [6, 6.07) is 8.99. The minimum atomic E-state index is -0.577. The second-order valence-electron chi connectivity index (χ2n) is 5.82. The molecule has 0 radical (unpaired) electrons. The van der Waals surface area contributed by atoms with Gasteiger partial charge in [0.25, 0.3) is 5.91 Å². The topological polar surface area (TPSA) is 75.9 Å². The molecule has 0 aliphatic rings. The lowest BCUT2D eigenvalue weighted by Crippen LogP contribution is -2.11. The Morgan fingerprint density at radius 2 is 1.65 bits per heavy atom. The van der Waals surface area contributed by atoms with E-state index in [0.29, 0.717) is 11.1 Å². The number of benzene rings is 1. The molecule has 20 heavy (non-hydrogen) atoms. The summed E-state index contributed by atoms with van der Waals surface area (Å²) in [7, 11) is 0. The number of nitrogens with two attached hydrogens (primary N) is 1. The number of primary amides is 1. The van der Waals surface area contributed by atoms with Gasteiger partial charge in [-0.25, -0.2) is 0 Å². The van der Waals surface area contributed by atoms with Crippen LogP contribution in [0.25, 0.3) is 0 Å². The fraction of sp³-hybridized carbons (Fsp3) is 0.250. The summed E-state index contributed by atoms with van der Waals surface area (Å²) in [6.45, 7) is 6.36. The maximum atomic E-state index is 12.3. The third-order valence-electron chi connectivity index (χ3n) is 3.22. The van der Waals surface area contributed by atoms with Gasteiger partial charge in [-0.3, -0.25) is 9.59 Å². The fourth-order valence-electron chi connectivity index (χ4n) is 1.96. The molecule has 104 valence electrons. The molecule has 4 heteroatoms. The molecule has 0 spiro atoms. The van der Waals surface area contributed by atoms with Crippen LogP contribution in [0, 0.1) is 0 Å². The van der Waals surface area contributed by atoms with Gasteiger partial charge in [-0.15, -0.1) is 0 Å². The maximum Gasteiger partial charge on any atom is 0.265 e. The molecule has 0 saturated heterocycles. The van der Waals surface area contributed by atoms with Gasteiger partial charge in [0.2, 0.25) is 0 Å². The molecule has 0 atom stereocenters. The quantitative estimate of drug-likeness (QED) is 0.841. The van der Waals surface area contributed by atoms with E-state index in [1.54, 1.807) is 12.1 Å². The van der Waals surface area contributed by atoms with E-state index in [2.05, 4.69) is 25.8 Å². The van der Waals surface area contributed by atoms with Gasteiger partial charge < -0.3 is 10.7 Å². The number of carbonyl (C=O) groups is 2. The first-order valence-electron chi connectivity index (χ1n) is 6.42. The summed E-state index contributed by atoms with van der Waals surface area (Å²) in [5.74, 6) is -0.707. The maximum absolute atomic E-state index is 12.3. The van der Waals surface area contributed by atoms with Crippen molar-refractivity contribution in [2.24, 2.45) is 5.73 Å². The number of ketones is 1. The van der Waals surface area contributed by atoms with E-state index in [0.717, 1.165) is 0 Å². The van der Waals surface area contributed by atoms with Crippen molar-refractivity contribution >= 4 is 11.7 Å². The number of nitrogens with one attached hydrogen (secondary N) is 1. The Hall–Kier alpha value is -2.36. The van der Waals surface area contributed by atoms with Gasteiger partial charge in [-0.1, -0.05) is 45.0 Å². The first-order valence-corrected chi connectivity index (χ1v) is 6.42. The Balaban J connectivity index is 2.27. The lowest BCUT2D eigenvalue weighted by Gasteiger charge is -2.18. The highest BCUT2D eigenvalue weighted by Crippen LogP contribution is 2.23. The van der Waals surface area contributed by atoms with Crippen LogP contribution >= 0.6 is 0 Å². The molecule has 0 unspecified atom stereocenters. The Labute approximate surface area is 118 Å². The molecule has 0 fully saturated rings. The number of H-pyrrole nitrogens is 1. The number of hydrogen-bond acceptors (Lipinski definition) is 2. The molecule has 2 rings (SSSR count). The van der Waals surface area contributed by atoms with Crippen LogP contribution in [0.15, 0.2) is 36.5 Å². The lowest BCUT2D eigenvalue weighted by molar-refractivity contribution is 0.0995. The number of aromatic amines is 1. The average molecular weight is 270 g/mol. The third-order valence-corrected chi connectivity index (χ3v) is 3.22. The minimum absolute atomic E-state index is 0.0504. The van der Waals surface area contributed by atoms with Crippen LogP contribution in [0.2, 0.25) is 0 Å². The number of amides is 1. The molecule has 0 aliphatic heterocycles. The van der Waals surface area contributed by atoms with Gasteiger partial charge in [0, 0.05) is 17.3 Å². The zero-order valence-corrected chi connectivity index (χ0v) is 11.9. The Morgan fingerprint density at radius 3 is 2.10 bits per heavy atom. The lowest BCUT2D eigenvalue weighted by atomic mass is 9.86. The zero-order valence-electron chi connectivity index (χ0n) is 11.9. The summed E-state index contributed by atoms with van der Waals surface area (Å²) >= 11 is 0. The molecule has 0 aliphatic carbocycles. The van der Waals surface area contributed by atoms with Crippen molar-refractivity contribution in [2.45, 2.75) is 26.2 Å². The van der Waals surface area contributed by atoms with Crippen molar-refractivity contribution in [3.05, 3.63) is 58.9 Å². The number of hydrogen-bond donors (Lipinski definition) is 2. The van der Waals surface area contributed by atoms with Crippen LogP contribution in [0.4, 0.5) is 0 Å². The third kappa shape index (κ3) is 2.79. The summed E-state index contributed by atoms with van der Waals surface area (Å²) in [5.41, 5.74) is 7.63. The average Bonchev–Trinajstić information content (AvgIpc) is 2.86. The van der Waals surface area contributed by atoms with E-state index in [1.807, 2.05) is 12.1 Å². The predicted molar refractivity (Wildman–Crippen MR) is 77.9 cm³/mol. The molecule has 1 aromatic carbocycles.